The van der Waals surface area contributed by atoms with E-state index in [0.717, 1.165) is 0 Å². The van der Waals surface area contributed by atoms with Gasteiger partial charge in [-0.1, -0.05) is 49.3 Å². The van der Waals surface area contributed by atoms with Crippen molar-refractivity contribution < 1.29 is 26.2 Å². The third kappa shape index (κ3) is 2.67. The van der Waals surface area contributed by atoms with E-state index >= 15 is 0 Å². The van der Waals surface area contributed by atoms with Crippen molar-refractivity contribution in [3.63, 3.8) is 0 Å². The van der Waals surface area contributed by atoms with Gasteiger partial charge in [0.15, 0.2) is 0 Å². The third-order valence-corrected chi connectivity index (χ3v) is 2.50. The molecular weight excluding hydrogens is 247 g/mol. The second-order valence-electron chi connectivity index (χ2n) is 3.60. The summed E-state index contributed by atoms with van der Waals surface area (Å²) in [6.07, 6.45) is 8.43. The first-order chi connectivity index (χ1) is 6.40. The van der Waals surface area contributed by atoms with Crippen LogP contribution in [0.15, 0.2) is 29.8 Å². The molecular formula is C13H15Zr. The summed E-state index contributed by atoms with van der Waals surface area (Å²) in [6.45, 7) is 2.24. The number of hydrogen-bond acceptors (Lipinski definition) is 0. The number of allylic oxidation sites excluding steroid dienone is 1. The van der Waals surface area contributed by atoms with Crippen LogP contribution in [-0.2, 0) is 26.2 Å². The van der Waals surface area contributed by atoms with Gasteiger partial charge in [-0.05, 0) is 24.0 Å². The second kappa shape index (κ2) is 5.66. The third-order valence-electron chi connectivity index (χ3n) is 2.50. The predicted molar refractivity (Wildman–Crippen MR) is 57.3 cm³/mol. The molecule has 0 amide bonds. The molecule has 0 atom stereocenters. The van der Waals surface area contributed by atoms with Gasteiger partial charge in [0, 0.05) is 32.6 Å². The first-order valence-corrected chi connectivity index (χ1v) is 5.04. The topological polar surface area (TPSA) is 0 Å². The van der Waals surface area contributed by atoms with E-state index in [1.807, 2.05) is 0 Å². The summed E-state index contributed by atoms with van der Waals surface area (Å²) < 4.78 is 0. The number of hydrogen-bond donors (Lipinski definition) is 0. The molecule has 1 aromatic carbocycles. The van der Waals surface area contributed by atoms with Crippen molar-refractivity contribution in [2.45, 2.75) is 26.2 Å². The van der Waals surface area contributed by atoms with Crippen LogP contribution in [0.2, 0.25) is 0 Å². The van der Waals surface area contributed by atoms with Crippen LogP contribution in [0.25, 0.3) is 6.08 Å². The van der Waals surface area contributed by atoms with Gasteiger partial charge in [0.05, 0.1) is 0 Å². The summed E-state index contributed by atoms with van der Waals surface area (Å²) in [5.41, 5.74) is 4.25. The van der Waals surface area contributed by atoms with Crippen molar-refractivity contribution in [1.82, 2.24) is 0 Å². The van der Waals surface area contributed by atoms with Gasteiger partial charge < -0.3 is 0 Å². The second-order valence-corrected chi connectivity index (χ2v) is 3.60. The molecule has 0 saturated heterocycles. The van der Waals surface area contributed by atoms with E-state index in [-0.39, 0.29) is 26.2 Å². The van der Waals surface area contributed by atoms with E-state index in [9.17, 15) is 0 Å². The van der Waals surface area contributed by atoms with Crippen LogP contribution < -0.4 is 0 Å². The first kappa shape index (κ1) is 11.9. The Balaban J connectivity index is 0.000000980. The van der Waals surface area contributed by atoms with Crippen LogP contribution >= 0.6 is 0 Å². The van der Waals surface area contributed by atoms with E-state index in [4.69, 9.17) is 0 Å². The minimum Gasteiger partial charge on any atom is -0.0654 e. The van der Waals surface area contributed by atoms with Gasteiger partial charge in [-0.15, -0.1) is 0 Å². The molecule has 0 aliphatic heterocycles. The van der Waals surface area contributed by atoms with Gasteiger partial charge in [0.2, 0.25) is 0 Å². The largest absolute Gasteiger partial charge is 0.0654 e. The Kier molecular flexibility index (Phi) is 4.82. The molecule has 1 radical (unpaired) electrons. The average Bonchev–Trinajstić information content (AvgIpc) is 2.57. The fraction of sp³-hybridized carbons (Fsp3) is 0.308. The Hall–Kier alpha value is -0.157. The molecule has 1 aliphatic rings. The van der Waals surface area contributed by atoms with E-state index in [1.165, 1.54) is 36.0 Å². The fourth-order valence-electron chi connectivity index (χ4n) is 1.74. The Morgan fingerprint density at radius 2 is 1.79 bits per heavy atom. The monoisotopic (exact) mass is 261 g/mol. The van der Waals surface area contributed by atoms with Crippen molar-refractivity contribution in [3.05, 3.63) is 47.4 Å². The van der Waals surface area contributed by atoms with Crippen molar-refractivity contribution in [2.24, 2.45) is 0 Å². The molecule has 1 aliphatic carbocycles. The molecule has 71 valence electrons. The quantitative estimate of drug-likeness (QED) is 0.777. The standard InChI is InChI=1S/C13H15.Zr/c1-2-3-6-11-9-12-7-4-5-8-13(12)10-11;/h4-5,7-10H,2-3,6H2,1H3;. The summed E-state index contributed by atoms with van der Waals surface area (Å²) in [4.78, 5) is 0. The smallest absolute Gasteiger partial charge is 0.0164 e. The molecule has 0 heterocycles. The van der Waals surface area contributed by atoms with E-state index in [1.54, 1.807) is 0 Å². The number of fused-ring (bicyclic) bond motifs is 1. The van der Waals surface area contributed by atoms with Gasteiger partial charge in [0.25, 0.3) is 0 Å². The van der Waals surface area contributed by atoms with Gasteiger partial charge in [-0.3, -0.25) is 0 Å². The molecule has 0 bridgehead atoms. The van der Waals surface area contributed by atoms with Gasteiger partial charge >= 0.3 is 0 Å². The molecule has 0 nitrogen and oxygen atoms in total. The molecule has 0 aromatic heterocycles. The minimum absolute atomic E-state index is 0. The fourth-order valence-corrected chi connectivity index (χ4v) is 1.74. The van der Waals surface area contributed by atoms with Crippen molar-refractivity contribution in [2.75, 3.05) is 0 Å². The summed E-state index contributed by atoms with van der Waals surface area (Å²) >= 11 is 0. The maximum absolute atomic E-state index is 2.31. The minimum atomic E-state index is 0. The van der Waals surface area contributed by atoms with Crippen molar-refractivity contribution in [1.29, 1.82) is 0 Å². The van der Waals surface area contributed by atoms with Crippen LogP contribution in [0.3, 0.4) is 0 Å². The number of benzene rings is 1. The summed E-state index contributed by atoms with van der Waals surface area (Å²) in [5, 5.41) is 0. The summed E-state index contributed by atoms with van der Waals surface area (Å²) in [5.74, 6) is 0. The van der Waals surface area contributed by atoms with Crippen LogP contribution in [0, 0.1) is 6.42 Å². The first-order valence-electron chi connectivity index (χ1n) is 5.04. The Morgan fingerprint density at radius 3 is 2.43 bits per heavy atom. The Morgan fingerprint density at radius 1 is 1.07 bits per heavy atom. The molecule has 2 rings (SSSR count). The maximum Gasteiger partial charge on any atom is 0.0164 e. The number of rotatable bonds is 3. The molecule has 0 unspecified atom stereocenters. The molecule has 0 spiro atoms. The van der Waals surface area contributed by atoms with Crippen LogP contribution in [0.5, 0.6) is 0 Å². The van der Waals surface area contributed by atoms with Gasteiger partial charge in [-0.2, -0.15) is 0 Å². The molecule has 1 heteroatoms. The summed E-state index contributed by atoms with van der Waals surface area (Å²) in [7, 11) is 0. The maximum atomic E-state index is 2.31. The van der Waals surface area contributed by atoms with Crippen LogP contribution in [0.1, 0.15) is 37.3 Å². The van der Waals surface area contributed by atoms with Crippen molar-refractivity contribution >= 4 is 6.08 Å². The predicted octanol–water partition coefficient (Wildman–Crippen LogP) is 3.82. The average molecular weight is 262 g/mol. The van der Waals surface area contributed by atoms with E-state index in [2.05, 4.69) is 43.7 Å². The number of unbranched alkanes of at least 4 members (excludes halogenated alkanes) is 1. The van der Waals surface area contributed by atoms with Gasteiger partial charge in [0.1, 0.15) is 0 Å². The molecule has 1 aromatic rings. The summed E-state index contributed by atoms with van der Waals surface area (Å²) in [6, 6.07) is 8.58. The normalized spacial score (nSPS) is 13.1. The zero-order valence-corrected chi connectivity index (χ0v) is 11.0. The Labute approximate surface area is 106 Å². The van der Waals surface area contributed by atoms with Crippen molar-refractivity contribution in [3.8, 4) is 0 Å². The zero-order chi connectivity index (χ0) is 9.10. The van der Waals surface area contributed by atoms with Crippen LogP contribution in [-0.4, -0.2) is 0 Å². The molecule has 0 fully saturated rings. The van der Waals surface area contributed by atoms with E-state index in [0.29, 0.717) is 0 Å². The van der Waals surface area contributed by atoms with Gasteiger partial charge in [-0.25, -0.2) is 0 Å². The Bertz CT molecular complexity index is 326. The molecule has 0 N–H and O–H groups in total. The van der Waals surface area contributed by atoms with Crippen LogP contribution in [0.4, 0.5) is 0 Å². The zero-order valence-electron chi connectivity index (χ0n) is 8.59. The van der Waals surface area contributed by atoms with E-state index < -0.39 is 0 Å². The molecule has 14 heavy (non-hydrogen) atoms. The molecule has 0 saturated carbocycles. The SMILES string of the molecule is CCCCC1=Cc2ccccc2[CH]1.[Zr].